The lowest BCUT2D eigenvalue weighted by Gasteiger charge is -2.08. The second-order valence-electron chi connectivity index (χ2n) is 4.35. The van der Waals surface area contributed by atoms with Crippen LogP contribution in [0.25, 0.3) is 0 Å². The number of carbonyl (C=O) groups is 1. The molecule has 0 unspecified atom stereocenters. The number of pyridine rings is 1. The van der Waals surface area contributed by atoms with Crippen LogP contribution in [-0.2, 0) is 0 Å². The van der Waals surface area contributed by atoms with Crippen molar-refractivity contribution in [2.24, 2.45) is 0 Å². The number of benzene rings is 1. The maximum absolute atomic E-state index is 12.1. The van der Waals surface area contributed by atoms with Crippen LogP contribution in [0.4, 0.5) is 11.5 Å². The highest BCUT2D eigenvalue weighted by molar-refractivity contribution is 6.05. The zero-order valence-electron chi connectivity index (χ0n) is 11.3. The van der Waals surface area contributed by atoms with E-state index >= 15 is 0 Å². The maximum Gasteiger partial charge on any atom is 0.255 e. The molecule has 0 radical (unpaired) electrons. The molecule has 0 aliphatic rings. The van der Waals surface area contributed by atoms with Gasteiger partial charge in [0.25, 0.3) is 5.91 Å². The number of anilines is 2. The highest BCUT2D eigenvalue weighted by atomic mass is 16.3. The molecular weight excluding hydrogens is 254 g/mol. The zero-order valence-corrected chi connectivity index (χ0v) is 11.3. The molecule has 0 saturated carbocycles. The van der Waals surface area contributed by atoms with Gasteiger partial charge < -0.3 is 15.7 Å². The minimum Gasteiger partial charge on any atom is -0.395 e. The van der Waals surface area contributed by atoms with Gasteiger partial charge in [0.2, 0.25) is 0 Å². The lowest BCUT2D eigenvalue weighted by Crippen LogP contribution is -2.13. The Hall–Kier alpha value is -2.40. The molecule has 3 N–H and O–H groups in total. The van der Waals surface area contributed by atoms with Crippen molar-refractivity contribution in [2.45, 2.75) is 6.92 Å². The van der Waals surface area contributed by atoms with Gasteiger partial charge in [-0.05, 0) is 30.7 Å². The van der Waals surface area contributed by atoms with Crippen molar-refractivity contribution in [3.05, 3.63) is 53.7 Å². The first kappa shape index (κ1) is 14.0. The van der Waals surface area contributed by atoms with Crippen LogP contribution >= 0.6 is 0 Å². The first-order chi connectivity index (χ1) is 9.70. The summed E-state index contributed by atoms with van der Waals surface area (Å²) in [6.45, 7) is 2.39. The number of aryl methyl sites for hydroxylation is 1. The van der Waals surface area contributed by atoms with Gasteiger partial charge in [-0.15, -0.1) is 0 Å². The minimum atomic E-state index is -0.152. The van der Waals surface area contributed by atoms with E-state index in [9.17, 15) is 4.79 Å². The largest absolute Gasteiger partial charge is 0.395 e. The van der Waals surface area contributed by atoms with Gasteiger partial charge in [0.05, 0.1) is 18.5 Å². The van der Waals surface area contributed by atoms with Gasteiger partial charge in [0.15, 0.2) is 0 Å². The van der Waals surface area contributed by atoms with E-state index in [1.54, 1.807) is 24.4 Å². The van der Waals surface area contributed by atoms with Crippen molar-refractivity contribution in [1.82, 2.24) is 4.98 Å². The number of nitrogens with zero attached hydrogens (tertiary/aromatic N) is 1. The Morgan fingerprint density at radius 2 is 2.05 bits per heavy atom. The third-order valence-electron chi connectivity index (χ3n) is 2.83. The molecule has 20 heavy (non-hydrogen) atoms. The average molecular weight is 271 g/mol. The second-order valence-corrected chi connectivity index (χ2v) is 4.35. The first-order valence-electron chi connectivity index (χ1n) is 6.38. The van der Waals surface area contributed by atoms with E-state index in [0.717, 1.165) is 5.56 Å². The Morgan fingerprint density at radius 1 is 1.25 bits per heavy atom. The number of aliphatic hydroxyl groups excluding tert-OH is 1. The molecule has 2 rings (SSSR count). The molecular formula is C15H17N3O2. The minimum absolute atomic E-state index is 0.0491. The van der Waals surface area contributed by atoms with Crippen molar-refractivity contribution < 1.29 is 9.90 Å². The van der Waals surface area contributed by atoms with E-state index in [2.05, 4.69) is 15.6 Å². The molecule has 0 fully saturated rings. The fourth-order valence-corrected chi connectivity index (χ4v) is 1.78. The zero-order chi connectivity index (χ0) is 14.4. The first-order valence-corrected chi connectivity index (χ1v) is 6.38. The van der Waals surface area contributed by atoms with Crippen LogP contribution in [0.15, 0.2) is 42.6 Å². The summed E-state index contributed by atoms with van der Waals surface area (Å²) in [5.74, 6) is 0.508. The monoisotopic (exact) mass is 271 g/mol. The highest BCUT2D eigenvalue weighted by Gasteiger charge is 2.08. The number of amides is 1. The average Bonchev–Trinajstić information content (AvgIpc) is 2.47. The summed E-state index contributed by atoms with van der Waals surface area (Å²) >= 11 is 0. The molecule has 0 aliphatic carbocycles. The molecule has 2 aromatic rings. The predicted octanol–water partition coefficient (Wildman–Crippen LogP) is 2.05. The van der Waals surface area contributed by atoms with Crippen LogP contribution in [0.2, 0.25) is 0 Å². The lowest BCUT2D eigenvalue weighted by molar-refractivity contribution is 0.102. The molecule has 1 aromatic carbocycles. The van der Waals surface area contributed by atoms with Gasteiger partial charge in [-0.3, -0.25) is 4.79 Å². The van der Waals surface area contributed by atoms with Crippen LogP contribution in [0, 0.1) is 6.92 Å². The fourth-order valence-electron chi connectivity index (χ4n) is 1.78. The van der Waals surface area contributed by atoms with Gasteiger partial charge in [-0.25, -0.2) is 4.98 Å². The standard InChI is InChI=1S/C15H17N3O2/c1-11-4-2-3-5-13(11)15(20)18-12-6-7-14(17-10-12)16-8-9-19/h2-7,10,19H,8-9H2,1H3,(H,16,17)(H,18,20). The fraction of sp³-hybridized carbons (Fsp3) is 0.200. The molecule has 0 spiro atoms. The molecule has 0 bridgehead atoms. The predicted molar refractivity (Wildman–Crippen MR) is 78.9 cm³/mol. The molecule has 0 atom stereocenters. The van der Waals surface area contributed by atoms with Gasteiger partial charge in [-0.2, -0.15) is 0 Å². The number of hydrogen-bond donors (Lipinski definition) is 3. The molecule has 0 aliphatic heterocycles. The Kier molecular flexibility index (Phi) is 4.68. The summed E-state index contributed by atoms with van der Waals surface area (Å²) in [6.07, 6.45) is 1.58. The summed E-state index contributed by atoms with van der Waals surface area (Å²) in [5.41, 5.74) is 2.21. The maximum atomic E-state index is 12.1. The molecule has 104 valence electrons. The Labute approximate surface area is 117 Å². The number of nitrogens with one attached hydrogen (secondary N) is 2. The number of carbonyl (C=O) groups excluding carboxylic acids is 1. The second kappa shape index (κ2) is 6.68. The van der Waals surface area contributed by atoms with Gasteiger partial charge in [0, 0.05) is 12.1 Å². The Bertz CT molecular complexity index is 582. The van der Waals surface area contributed by atoms with Crippen LogP contribution in [0.1, 0.15) is 15.9 Å². The summed E-state index contributed by atoms with van der Waals surface area (Å²) in [5, 5.41) is 14.5. The highest BCUT2D eigenvalue weighted by Crippen LogP contribution is 2.13. The number of rotatable bonds is 5. The number of hydrogen-bond acceptors (Lipinski definition) is 4. The molecule has 1 aromatic heterocycles. The van der Waals surface area contributed by atoms with Crippen LogP contribution in [0.5, 0.6) is 0 Å². The molecule has 0 saturated heterocycles. The summed E-state index contributed by atoms with van der Waals surface area (Å²) < 4.78 is 0. The summed E-state index contributed by atoms with van der Waals surface area (Å²) in [6, 6.07) is 10.9. The van der Waals surface area contributed by atoms with Crippen molar-refractivity contribution in [3.63, 3.8) is 0 Å². The Balaban J connectivity index is 2.03. The van der Waals surface area contributed by atoms with Crippen LogP contribution in [0.3, 0.4) is 0 Å². The van der Waals surface area contributed by atoms with Crippen molar-refractivity contribution in [2.75, 3.05) is 23.8 Å². The summed E-state index contributed by atoms with van der Waals surface area (Å²) in [7, 11) is 0. The van der Waals surface area contributed by atoms with Crippen LogP contribution in [-0.4, -0.2) is 29.1 Å². The number of aliphatic hydroxyl groups is 1. The third-order valence-corrected chi connectivity index (χ3v) is 2.83. The van der Waals surface area contributed by atoms with E-state index in [0.29, 0.717) is 23.6 Å². The van der Waals surface area contributed by atoms with Gasteiger partial charge >= 0.3 is 0 Å². The number of aromatic nitrogens is 1. The van der Waals surface area contributed by atoms with Gasteiger partial charge in [0.1, 0.15) is 5.82 Å². The van der Waals surface area contributed by atoms with E-state index in [4.69, 9.17) is 5.11 Å². The van der Waals surface area contributed by atoms with Gasteiger partial charge in [-0.1, -0.05) is 18.2 Å². The van der Waals surface area contributed by atoms with Crippen molar-refractivity contribution in [1.29, 1.82) is 0 Å². The lowest BCUT2D eigenvalue weighted by atomic mass is 10.1. The van der Waals surface area contributed by atoms with Crippen LogP contribution < -0.4 is 10.6 Å². The van der Waals surface area contributed by atoms with E-state index < -0.39 is 0 Å². The Morgan fingerprint density at radius 3 is 2.70 bits per heavy atom. The van der Waals surface area contributed by atoms with E-state index in [1.807, 2.05) is 25.1 Å². The van der Waals surface area contributed by atoms with Crippen molar-refractivity contribution >= 4 is 17.4 Å². The van der Waals surface area contributed by atoms with Crippen molar-refractivity contribution in [3.8, 4) is 0 Å². The summed E-state index contributed by atoms with van der Waals surface area (Å²) in [4.78, 5) is 16.3. The smallest absolute Gasteiger partial charge is 0.255 e. The third kappa shape index (κ3) is 3.55. The molecule has 5 heteroatoms. The normalized spacial score (nSPS) is 10.1. The molecule has 1 amide bonds. The topological polar surface area (TPSA) is 74.2 Å². The van der Waals surface area contributed by atoms with E-state index in [-0.39, 0.29) is 12.5 Å². The SMILES string of the molecule is Cc1ccccc1C(=O)Nc1ccc(NCCO)nc1. The molecule has 5 nitrogen and oxygen atoms in total. The quantitative estimate of drug-likeness (QED) is 0.778. The molecule has 1 heterocycles. The van der Waals surface area contributed by atoms with E-state index in [1.165, 1.54) is 0 Å².